The summed E-state index contributed by atoms with van der Waals surface area (Å²) in [5.41, 5.74) is 0.899. The number of rotatable bonds is 4. The molecule has 172 valence electrons. The highest BCUT2D eigenvalue weighted by atomic mass is 16.6. The first-order valence-electron chi connectivity index (χ1n) is 10.6. The number of non-ortho nitro benzene ring substituents is 1. The van der Waals surface area contributed by atoms with Crippen molar-refractivity contribution in [3.8, 4) is 11.3 Å². The average Bonchev–Trinajstić information content (AvgIpc) is 2.89. The Morgan fingerprint density at radius 1 is 0.800 bits per heavy atom. The number of fused-ring (bicyclic) bond motifs is 4. The Bertz CT molecular complexity index is 1680. The smallest absolute Gasteiger partial charge is 0.340 e. The number of nitro benzene ring substituents is 1. The van der Waals surface area contributed by atoms with Crippen molar-refractivity contribution in [1.29, 1.82) is 0 Å². The lowest BCUT2D eigenvalue weighted by Gasteiger charge is -2.16. The molecule has 35 heavy (non-hydrogen) atoms. The van der Waals surface area contributed by atoms with E-state index in [0.717, 1.165) is 21.5 Å². The van der Waals surface area contributed by atoms with Crippen LogP contribution < -0.4 is 0 Å². The maximum Gasteiger partial charge on any atom is 0.340 e. The van der Waals surface area contributed by atoms with Crippen molar-refractivity contribution >= 4 is 50.1 Å². The Labute approximate surface area is 198 Å². The molecule has 5 aromatic rings. The summed E-state index contributed by atoms with van der Waals surface area (Å²) in [5.74, 6) is -1.49. The highest BCUT2D eigenvalue weighted by Crippen LogP contribution is 2.37. The van der Waals surface area contributed by atoms with E-state index in [2.05, 4.69) is 0 Å². The molecule has 0 saturated carbocycles. The number of pyridine rings is 1. The van der Waals surface area contributed by atoms with Crippen LogP contribution in [0.25, 0.3) is 43.7 Å². The van der Waals surface area contributed by atoms with Gasteiger partial charge in [-0.05, 0) is 51.9 Å². The van der Waals surface area contributed by atoms with Gasteiger partial charge in [0.15, 0.2) is 0 Å². The number of hydrogen-bond donors (Lipinski definition) is 0. The Balaban J connectivity index is 1.94. The standard InChI is InChI=1S/C27H18N2O6/c1-34-26(30)23-22-20-14-17-6-4-3-5-16(17)13-18(20)9-12-21(22)28-25(24(23)27(31)35-2)15-7-10-19(11-8-15)29(32)33/h3-14H,1-2H3. The molecule has 0 N–H and O–H groups in total. The van der Waals surface area contributed by atoms with Crippen molar-refractivity contribution in [1.82, 2.24) is 4.98 Å². The van der Waals surface area contributed by atoms with Gasteiger partial charge in [0.1, 0.15) is 5.56 Å². The van der Waals surface area contributed by atoms with Crippen LogP contribution >= 0.6 is 0 Å². The minimum Gasteiger partial charge on any atom is -0.465 e. The number of methoxy groups -OCH3 is 2. The molecule has 0 radical (unpaired) electrons. The van der Waals surface area contributed by atoms with Gasteiger partial charge in [0.2, 0.25) is 0 Å². The van der Waals surface area contributed by atoms with Gasteiger partial charge in [0.05, 0.1) is 35.9 Å². The molecule has 0 aliphatic rings. The largest absolute Gasteiger partial charge is 0.465 e. The van der Waals surface area contributed by atoms with Crippen molar-refractivity contribution in [3.05, 3.63) is 94.0 Å². The maximum absolute atomic E-state index is 13.2. The molecule has 0 atom stereocenters. The zero-order chi connectivity index (χ0) is 24.7. The predicted octanol–water partition coefficient (Wildman–Crippen LogP) is 5.69. The third kappa shape index (κ3) is 3.61. The lowest BCUT2D eigenvalue weighted by Crippen LogP contribution is -2.15. The average molecular weight is 466 g/mol. The van der Waals surface area contributed by atoms with Crippen LogP contribution in [0.1, 0.15) is 20.7 Å². The van der Waals surface area contributed by atoms with Crippen molar-refractivity contribution in [2.75, 3.05) is 14.2 Å². The van der Waals surface area contributed by atoms with Crippen LogP contribution in [0.3, 0.4) is 0 Å². The molecule has 8 nitrogen and oxygen atoms in total. The summed E-state index contributed by atoms with van der Waals surface area (Å²) in [6, 6.07) is 21.0. The number of hydrogen-bond acceptors (Lipinski definition) is 7. The van der Waals surface area contributed by atoms with E-state index in [9.17, 15) is 19.7 Å². The van der Waals surface area contributed by atoms with Gasteiger partial charge in [-0.2, -0.15) is 0 Å². The number of benzene rings is 4. The van der Waals surface area contributed by atoms with Crippen LogP contribution in [0.4, 0.5) is 5.69 Å². The summed E-state index contributed by atoms with van der Waals surface area (Å²) in [6.07, 6.45) is 0. The summed E-state index contributed by atoms with van der Waals surface area (Å²) in [6.45, 7) is 0. The van der Waals surface area contributed by atoms with Gasteiger partial charge < -0.3 is 9.47 Å². The minimum absolute atomic E-state index is 0.0265. The van der Waals surface area contributed by atoms with E-state index in [-0.39, 0.29) is 22.5 Å². The lowest BCUT2D eigenvalue weighted by molar-refractivity contribution is -0.384. The lowest BCUT2D eigenvalue weighted by atomic mass is 9.92. The molecule has 0 fully saturated rings. The fourth-order valence-electron chi connectivity index (χ4n) is 4.33. The monoisotopic (exact) mass is 466 g/mol. The molecule has 0 unspecified atom stereocenters. The molecule has 0 amide bonds. The van der Waals surface area contributed by atoms with Crippen LogP contribution in [0.15, 0.2) is 72.8 Å². The van der Waals surface area contributed by atoms with E-state index < -0.39 is 16.9 Å². The van der Waals surface area contributed by atoms with Gasteiger partial charge in [-0.15, -0.1) is 0 Å². The van der Waals surface area contributed by atoms with Crippen LogP contribution in [0, 0.1) is 10.1 Å². The fraction of sp³-hybridized carbons (Fsp3) is 0.0741. The highest BCUT2D eigenvalue weighted by Gasteiger charge is 2.29. The first kappa shape index (κ1) is 22.0. The second-order valence-corrected chi connectivity index (χ2v) is 7.88. The number of nitrogens with zero attached hydrogens (tertiary/aromatic N) is 2. The van der Waals surface area contributed by atoms with Crippen LogP contribution in [-0.2, 0) is 9.47 Å². The molecule has 0 aliphatic heterocycles. The summed E-state index contributed by atoms with van der Waals surface area (Å²) >= 11 is 0. The fourth-order valence-corrected chi connectivity index (χ4v) is 4.33. The van der Waals surface area contributed by atoms with E-state index in [1.54, 1.807) is 6.07 Å². The highest BCUT2D eigenvalue weighted by molar-refractivity contribution is 6.22. The van der Waals surface area contributed by atoms with E-state index in [1.807, 2.05) is 42.5 Å². The van der Waals surface area contributed by atoms with Crippen LogP contribution in [-0.4, -0.2) is 36.1 Å². The van der Waals surface area contributed by atoms with E-state index in [4.69, 9.17) is 14.5 Å². The van der Waals surface area contributed by atoms with E-state index >= 15 is 0 Å². The summed E-state index contributed by atoms with van der Waals surface area (Å²) in [5, 5.41) is 15.1. The number of ether oxygens (including phenoxy) is 2. The normalized spacial score (nSPS) is 11.0. The summed E-state index contributed by atoms with van der Waals surface area (Å²) < 4.78 is 10.1. The maximum atomic E-state index is 13.2. The Kier molecular flexibility index (Phi) is 5.33. The number of nitro groups is 1. The second kappa shape index (κ2) is 8.49. The Morgan fingerprint density at radius 3 is 2.06 bits per heavy atom. The molecule has 5 rings (SSSR count). The van der Waals surface area contributed by atoms with Crippen molar-refractivity contribution in [2.24, 2.45) is 0 Å². The first-order valence-corrected chi connectivity index (χ1v) is 10.6. The van der Waals surface area contributed by atoms with Gasteiger partial charge >= 0.3 is 11.9 Å². The number of esters is 2. The third-order valence-electron chi connectivity index (χ3n) is 5.96. The topological polar surface area (TPSA) is 109 Å². The number of carbonyl (C=O) groups is 2. The minimum atomic E-state index is -0.772. The molecule has 0 spiro atoms. The predicted molar refractivity (Wildman–Crippen MR) is 132 cm³/mol. The van der Waals surface area contributed by atoms with Crippen LogP contribution in [0.5, 0.6) is 0 Å². The molecule has 8 heteroatoms. The molecule has 0 aliphatic carbocycles. The molecule has 1 heterocycles. The van der Waals surface area contributed by atoms with Gasteiger partial charge in [0, 0.05) is 23.1 Å². The van der Waals surface area contributed by atoms with Crippen molar-refractivity contribution in [2.45, 2.75) is 0 Å². The zero-order valence-corrected chi connectivity index (χ0v) is 18.8. The Hall–Kier alpha value is -4.85. The molecule has 1 aromatic heterocycles. The quantitative estimate of drug-likeness (QED) is 0.110. The zero-order valence-electron chi connectivity index (χ0n) is 18.8. The van der Waals surface area contributed by atoms with Gasteiger partial charge in [-0.1, -0.05) is 30.3 Å². The SMILES string of the molecule is COC(=O)c1c(-c2ccc([N+](=O)[O-])cc2)nc2ccc3cc4ccccc4cc3c2c1C(=O)OC. The van der Waals surface area contributed by atoms with E-state index in [0.29, 0.717) is 16.5 Å². The van der Waals surface area contributed by atoms with Crippen molar-refractivity contribution < 1.29 is 24.0 Å². The van der Waals surface area contributed by atoms with E-state index in [1.165, 1.54) is 38.5 Å². The summed E-state index contributed by atoms with van der Waals surface area (Å²) in [4.78, 5) is 41.5. The summed E-state index contributed by atoms with van der Waals surface area (Å²) in [7, 11) is 2.45. The third-order valence-corrected chi connectivity index (χ3v) is 5.96. The van der Waals surface area contributed by atoms with Gasteiger partial charge in [0.25, 0.3) is 5.69 Å². The molecule has 0 saturated heterocycles. The molecule has 4 aromatic carbocycles. The van der Waals surface area contributed by atoms with Crippen molar-refractivity contribution in [3.63, 3.8) is 0 Å². The second-order valence-electron chi connectivity index (χ2n) is 7.88. The van der Waals surface area contributed by atoms with Crippen LogP contribution in [0.2, 0.25) is 0 Å². The first-order chi connectivity index (χ1) is 16.9. The van der Waals surface area contributed by atoms with Gasteiger partial charge in [-0.3, -0.25) is 10.1 Å². The number of carbonyl (C=O) groups excluding carboxylic acids is 2. The number of aromatic nitrogens is 1. The molecule has 0 bridgehead atoms. The molecular weight excluding hydrogens is 448 g/mol. The molecular formula is C27H18N2O6. The Morgan fingerprint density at radius 2 is 1.43 bits per heavy atom. The van der Waals surface area contributed by atoms with Gasteiger partial charge in [-0.25, -0.2) is 14.6 Å².